The SMILES string of the molecule is O=C(C1CCNCC1)N(CCOc1ccccc1)[C@H](c1cccc(Cl)c1)c1ccccn1. The Kier molecular flexibility index (Phi) is 7.75. The molecule has 0 saturated carbocycles. The lowest BCUT2D eigenvalue weighted by Crippen LogP contribution is -2.45. The minimum absolute atomic E-state index is 0.0154. The number of ether oxygens (including phenoxy) is 1. The summed E-state index contributed by atoms with van der Waals surface area (Å²) in [7, 11) is 0. The lowest BCUT2D eigenvalue weighted by molar-refractivity contribution is -0.138. The summed E-state index contributed by atoms with van der Waals surface area (Å²) in [6, 6.07) is 22.8. The lowest BCUT2D eigenvalue weighted by Gasteiger charge is -2.35. The van der Waals surface area contributed by atoms with Gasteiger partial charge in [-0.25, -0.2) is 0 Å². The Balaban J connectivity index is 1.65. The van der Waals surface area contributed by atoms with Gasteiger partial charge in [0.05, 0.1) is 18.3 Å². The normalized spacial score (nSPS) is 15.2. The van der Waals surface area contributed by atoms with Crippen molar-refractivity contribution in [1.29, 1.82) is 0 Å². The highest BCUT2D eigenvalue weighted by molar-refractivity contribution is 6.30. The van der Waals surface area contributed by atoms with E-state index in [4.69, 9.17) is 16.3 Å². The van der Waals surface area contributed by atoms with Gasteiger partial charge in [0.25, 0.3) is 0 Å². The number of halogens is 1. The molecule has 2 aromatic carbocycles. The van der Waals surface area contributed by atoms with E-state index in [1.165, 1.54) is 0 Å². The van der Waals surface area contributed by atoms with Crippen LogP contribution in [-0.2, 0) is 4.79 Å². The molecule has 0 radical (unpaired) electrons. The molecular formula is C26H28ClN3O2. The molecule has 166 valence electrons. The number of hydrogen-bond donors (Lipinski definition) is 1. The van der Waals surface area contributed by atoms with Crippen LogP contribution in [0.15, 0.2) is 79.0 Å². The summed E-state index contributed by atoms with van der Waals surface area (Å²) in [5, 5.41) is 3.99. The number of benzene rings is 2. The summed E-state index contributed by atoms with van der Waals surface area (Å²) in [6.07, 6.45) is 3.43. The van der Waals surface area contributed by atoms with Crippen LogP contribution in [0.5, 0.6) is 5.75 Å². The van der Waals surface area contributed by atoms with Crippen molar-refractivity contribution in [1.82, 2.24) is 15.2 Å². The molecule has 1 N–H and O–H groups in total. The van der Waals surface area contributed by atoms with Crippen molar-refractivity contribution in [2.45, 2.75) is 18.9 Å². The molecule has 2 heterocycles. The van der Waals surface area contributed by atoms with Crippen molar-refractivity contribution in [3.05, 3.63) is 95.3 Å². The van der Waals surface area contributed by atoms with Gasteiger partial charge in [-0.05, 0) is 67.9 Å². The first-order valence-electron chi connectivity index (χ1n) is 11.1. The lowest BCUT2D eigenvalue weighted by atomic mass is 9.93. The molecule has 1 atom stereocenters. The number of nitrogens with one attached hydrogen (secondary N) is 1. The van der Waals surface area contributed by atoms with Crippen molar-refractivity contribution in [2.24, 2.45) is 5.92 Å². The Morgan fingerprint density at radius 3 is 2.56 bits per heavy atom. The summed E-state index contributed by atoms with van der Waals surface area (Å²) >= 11 is 6.34. The number of para-hydroxylation sites is 1. The molecule has 1 amide bonds. The highest BCUT2D eigenvalue weighted by Gasteiger charge is 2.33. The zero-order valence-electron chi connectivity index (χ0n) is 18.0. The number of nitrogens with zero attached hydrogens (tertiary/aromatic N) is 2. The molecule has 1 fully saturated rings. The second-order valence-electron chi connectivity index (χ2n) is 7.93. The first kappa shape index (κ1) is 22.3. The van der Waals surface area contributed by atoms with Crippen molar-refractivity contribution in [2.75, 3.05) is 26.2 Å². The topological polar surface area (TPSA) is 54.5 Å². The fourth-order valence-electron chi connectivity index (χ4n) is 4.17. The molecule has 1 saturated heterocycles. The van der Waals surface area contributed by atoms with Gasteiger partial charge in [-0.15, -0.1) is 0 Å². The van der Waals surface area contributed by atoms with Gasteiger partial charge >= 0.3 is 0 Å². The monoisotopic (exact) mass is 449 g/mol. The zero-order chi connectivity index (χ0) is 22.2. The smallest absolute Gasteiger partial charge is 0.226 e. The van der Waals surface area contributed by atoms with E-state index in [0.29, 0.717) is 18.2 Å². The molecule has 1 aliphatic heterocycles. The Hall–Kier alpha value is -2.89. The molecule has 3 aromatic rings. The third-order valence-electron chi connectivity index (χ3n) is 5.76. The van der Waals surface area contributed by atoms with Gasteiger partial charge in [0.2, 0.25) is 5.91 Å². The molecule has 0 aliphatic carbocycles. The van der Waals surface area contributed by atoms with E-state index in [1.807, 2.05) is 77.7 Å². The number of pyridine rings is 1. The molecule has 0 bridgehead atoms. The average Bonchev–Trinajstić information content (AvgIpc) is 2.85. The summed E-state index contributed by atoms with van der Waals surface area (Å²) in [6.45, 7) is 2.56. The maximum atomic E-state index is 13.8. The summed E-state index contributed by atoms with van der Waals surface area (Å²) in [5.41, 5.74) is 1.76. The summed E-state index contributed by atoms with van der Waals surface area (Å²) in [5.74, 6) is 0.913. The third-order valence-corrected chi connectivity index (χ3v) is 5.99. The number of amides is 1. The number of rotatable bonds is 8. The van der Waals surface area contributed by atoms with Gasteiger partial charge in [-0.3, -0.25) is 9.78 Å². The second-order valence-corrected chi connectivity index (χ2v) is 8.37. The fourth-order valence-corrected chi connectivity index (χ4v) is 4.37. The standard InChI is InChI=1S/C26H28ClN3O2/c27-22-8-6-7-21(19-22)25(24-11-4-5-14-29-24)30(26(31)20-12-15-28-16-13-20)17-18-32-23-9-2-1-3-10-23/h1-11,14,19-20,25,28H,12-13,15-18H2/t25-/m1/s1. The van der Waals surface area contributed by atoms with Gasteiger partial charge < -0.3 is 15.0 Å². The van der Waals surface area contributed by atoms with Crippen LogP contribution in [0.4, 0.5) is 0 Å². The van der Waals surface area contributed by atoms with E-state index in [9.17, 15) is 4.79 Å². The Labute approximate surface area is 194 Å². The largest absolute Gasteiger partial charge is 0.492 e. The fraction of sp³-hybridized carbons (Fsp3) is 0.308. The summed E-state index contributed by atoms with van der Waals surface area (Å²) < 4.78 is 5.97. The van der Waals surface area contributed by atoms with Crippen LogP contribution in [0.25, 0.3) is 0 Å². The van der Waals surface area contributed by atoms with Crippen LogP contribution in [-0.4, -0.2) is 42.0 Å². The van der Waals surface area contributed by atoms with Crippen molar-refractivity contribution in [3.63, 3.8) is 0 Å². The van der Waals surface area contributed by atoms with E-state index in [1.54, 1.807) is 6.20 Å². The first-order valence-corrected chi connectivity index (χ1v) is 11.5. The number of piperidine rings is 1. The minimum atomic E-state index is -0.336. The van der Waals surface area contributed by atoms with Crippen LogP contribution in [0.1, 0.15) is 30.1 Å². The second kappa shape index (κ2) is 11.1. The van der Waals surface area contributed by atoms with Gasteiger partial charge in [-0.2, -0.15) is 0 Å². The molecule has 4 rings (SSSR count). The van der Waals surface area contributed by atoms with Crippen LogP contribution in [0, 0.1) is 5.92 Å². The van der Waals surface area contributed by atoms with Crippen molar-refractivity contribution >= 4 is 17.5 Å². The average molecular weight is 450 g/mol. The molecule has 0 unspecified atom stereocenters. The molecule has 1 aliphatic rings. The maximum Gasteiger partial charge on any atom is 0.226 e. The zero-order valence-corrected chi connectivity index (χ0v) is 18.7. The molecule has 6 heteroatoms. The molecule has 5 nitrogen and oxygen atoms in total. The van der Waals surface area contributed by atoms with Crippen molar-refractivity contribution < 1.29 is 9.53 Å². The van der Waals surface area contributed by atoms with Gasteiger partial charge in [-0.1, -0.05) is 48.0 Å². The molecule has 32 heavy (non-hydrogen) atoms. The summed E-state index contributed by atoms with van der Waals surface area (Å²) in [4.78, 5) is 20.3. The highest BCUT2D eigenvalue weighted by Crippen LogP contribution is 2.31. The highest BCUT2D eigenvalue weighted by atomic mass is 35.5. The van der Waals surface area contributed by atoms with E-state index in [0.717, 1.165) is 42.9 Å². The van der Waals surface area contributed by atoms with Gasteiger partial charge in [0, 0.05) is 17.1 Å². The van der Waals surface area contributed by atoms with E-state index >= 15 is 0 Å². The van der Waals surface area contributed by atoms with E-state index in [2.05, 4.69) is 10.3 Å². The Morgan fingerprint density at radius 1 is 1.06 bits per heavy atom. The predicted octanol–water partition coefficient (Wildman–Crippen LogP) is 4.73. The van der Waals surface area contributed by atoms with Gasteiger partial charge in [0.15, 0.2) is 0 Å². The van der Waals surface area contributed by atoms with Crippen LogP contribution in [0.3, 0.4) is 0 Å². The van der Waals surface area contributed by atoms with Crippen molar-refractivity contribution in [3.8, 4) is 5.75 Å². The van der Waals surface area contributed by atoms with Crippen LogP contribution in [0.2, 0.25) is 5.02 Å². The Bertz CT molecular complexity index is 994. The predicted molar refractivity (Wildman–Crippen MR) is 127 cm³/mol. The Morgan fingerprint density at radius 2 is 1.84 bits per heavy atom. The van der Waals surface area contributed by atoms with E-state index < -0.39 is 0 Å². The van der Waals surface area contributed by atoms with Crippen LogP contribution < -0.4 is 10.1 Å². The number of aromatic nitrogens is 1. The third kappa shape index (κ3) is 5.67. The number of hydrogen-bond acceptors (Lipinski definition) is 4. The number of carbonyl (C=O) groups excluding carboxylic acids is 1. The number of carbonyl (C=O) groups is 1. The van der Waals surface area contributed by atoms with E-state index in [-0.39, 0.29) is 17.9 Å². The van der Waals surface area contributed by atoms with Gasteiger partial charge in [0.1, 0.15) is 12.4 Å². The van der Waals surface area contributed by atoms with Crippen LogP contribution >= 0.6 is 11.6 Å². The minimum Gasteiger partial charge on any atom is -0.492 e. The molecule has 1 aromatic heterocycles. The molecule has 0 spiro atoms. The molecular weight excluding hydrogens is 422 g/mol. The maximum absolute atomic E-state index is 13.8. The first-order chi connectivity index (χ1) is 15.7. The quantitative estimate of drug-likeness (QED) is 0.540.